The molecule has 1 aromatic carbocycles. The maximum Gasteiger partial charge on any atom is 0.151 e. The third-order valence-electron chi connectivity index (χ3n) is 4.02. The lowest BCUT2D eigenvalue weighted by Crippen LogP contribution is -2.28. The van der Waals surface area contributed by atoms with E-state index >= 15 is 0 Å². The fourth-order valence-corrected chi connectivity index (χ4v) is 4.56. The van der Waals surface area contributed by atoms with E-state index in [1.54, 1.807) is 12.1 Å². The number of rotatable bonds is 8. The van der Waals surface area contributed by atoms with Crippen molar-refractivity contribution >= 4 is 9.84 Å². The van der Waals surface area contributed by atoms with Gasteiger partial charge in [0.05, 0.1) is 18.1 Å². The van der Waals surface area contributed by atoms with Crippen LogP contribution in [0.1, 0.15) is 59.4 Å². The fourth-order valence-electron chi connectivity index (χ4n) is 2.64. The lowest BCUT2D eigenvalue weighted by atomic mass is 9.78. The van der Waals surface area contributed by atoms with Gasteiger partial charge in [0.15, 0.2) is 9.84 Å². The van der Waals surface area contributed by atoms with Crippen LogP contribution in [0.3, 0.4) is 0 Å². The molecule has 0 heterocycles. The van der Waals surface area contributed by atoms with Crippen molar-refractivity contribution in [3.05, 3.63) is 35.6 Å². The Morgan fingerprint density at radius 3 is 2.08 bits per heavy atom. The average Bonchev–Trinajstić information content (AvgIpc) is 2.43. The van der Waals surface area contributed by atoms with Crippen LogP contribution < -0.4 is 0 Å². The van der Waals surface area contributed by atoms with Gasteiger partial charge in [-0.25, -0.2) is 12.8 Å². The zero-order valence-electron chi connectivity index (χ0n) is 16.4. The van der Waals surface area contributed by atoms with Crippen LogP contribution in [0, 0.1) is 16.6 Å². The molecule has 3 nitrogen and oxygen atoms in total. The number of benzene rings is 1. The topological polar surface area (TPSA) is 43.4 Å². The molecular weight excluding hydrogens is 339 g/mol. The average molecular weight is 373 g/mol. The highest BCUT2D eigenvalue weighted by molar-refractivity contribution is 7.91. The van der Waals surface area contributed by atoms with E-state index in [-0.39, 0.29) is 34.1 Å². The van der Waals surface area contributed by atoms with Crippen LogP contribution in [0.15, 0.2) is 24.3 Å². The first-order chi connectivity index (χ1) is 11.3. The van der Waals surface area contributed by atoms with Gasteiger partial charge >= 0.3 is 0 Å². The van der Waals surface area contributed by atoms with Crippen molar-refractivity contribution in [3.63, 3.8) is 0 Å². The second kappa shape index (κ2) is 8.63. The summed E-state index contributed by atoms with van der Waals surface area (Å²) in [5.41, 5.74) is 0.716. The Balaban J connectivity index is 2.68. The molecule has 0 N–H and O–H groups in total. The van der Waals surface area contributed by atoms with Gasteiger partial charge in [0.2, 0.25) is 0 Å². The molecule has 1 aromatic rings. The molecule has 25 heavy (non-hydrogen) atoms. The molecule has 144 valence electrons. The van der Waals surface area contributed by atoms with Crippen molar-refractivity contribution in [3.8, 4) is 0 Å². The molecule has 0 aliphatic heterocycles. The van der Waals surface area contributed by atoms with Crippen molar-refractivity contribution in [2.45, 2.75) is 53.9 Å². The first-order valence-electron chi connectivity index (χ1n) is 8.84. The fraction of sp³-hybridized carbons (Fsp3) is 0.700. The number of ether oxygens (including phenoxy) is 1. The highest BCUT2D eigenvalue weighted by atomic mass is 32.2. The highest BCUT2D eigenvalue weighted by Crippen LogP contribution is 2.36. The van der Waals surface area contributed by atoms with Crippen LogP contribution in [0.5, 0.6) is 0 Å². The summed E-state index contributed by atoms with van der Waals surface area (Å²) in [6.45, 7) is 13.4. The lowest BCUT2D eigenvalue weighted by molar-refractivity contribution is 0.0720. The normalized spacial score (nSPS) is 14.5. The van der Waals surface area contributed by atoms with Crippen molar-refractivity contribution in [2.24, 2.45) is 10.8 Å². The Hall–Kier alpha value is -0.940. The Morgan fingerprint density at radius 1 is 1.04 bits per heavy atom. The monoisotopic (exact) mass is 372 g/mol. The third kappa shape index (κ3) is 8.82. The molecule has 0 radical (unpaired) electrons. The molecule has 0 amide bonds. The smallest absolute Gasteiger partial charge is 0.151 e. The number of halogens is 1. The molecule has 1 rings (SSSR count). The second-order valence-electron chi connectivity index (χ2n) is 9.05. The van der Waals surface area contributed by atoms with Gasteiger partial charge in [-0.15, -0.1) is 0 Å². The largest absolute Gasteiger partial charge is 0.381 e. The summed E-state index contributed by atoms with van der Waals surface area (Å²) >= 11 is 0. The minimum Gasteiger partial charge on any atom is -0.381 e. The Labute approximate surface area is 152 Å². The standard InChI is InChI=1S/C20H33FO3S/c1-19(2,3)15-24-12-7-13-25(22,23)14-18(20(4,5)6)16-8-10-17(21)11-9-16/h8-11,18H,7,12-15H2,1-6H3. The van der Waals surface area contributed by atoms with E-state index in [1.165, 1.54) is 12.1 Å². The molecule has 0 aliphatic carbocycles. The van der Waals surface area contributed by atoms with Gasteiger partial charge in [-0.3, -0.25) is 0 Å². The molecule has 1 atom stereocenters. The molecule has 0 bridgehead atoms. The second-order valence-corrected chi connectivity index (χ2v) is 11.3. The molecule has 0 aromatic heterocycles. The number of hydrogen-bond acceptors (Lipinski definition) is 3. The van der Waals surface area contributed by atoms with Gasteiger partial charge in [-0.1, -0.05) is 53.7 Å². The van der Waals surface area contributed by atoms with E-state index in [0.29, 0.717) is 19.6 Å². The van der Waals surface area contributed by atoms with E-state index in [9.17, 15) is 12.8 Å². The van der Waals surface area contributed by atoms with Gasteiger partial charge < -0.3 is 4.74 Å². The van der Waals surface area contributed by atoms with Gasteiger partial charge in [-0.2, -0.15) is 0 Å². The molecule has 5 heteroatoms. The van der Waals surface area contributed by atoms with Crippen molar-refractivity contribution in [1.29, 1.82) is 0 Å². The summed E-state index contributed by atoms with van der Waals surface area (Å²) < 4.78 is 43.8. The minimum absolute atomic E-state index is 0.0708. The Bertz CT molecular complexity index is 622. The van der Waals surface area contributed by atoms with E-state index in [1.807, 2.05) is 20.8 Å². The van der Waals surface area contributed by atoms with Crippen LogP contribution >= 0.6 is 0 Å². The minimum atomic E-state index is -3.21. The SMILES string of the molecule is CC(C)(C)COCCCS(=O)(=O)CC(c1ccc(F)cc1)C(C)(C)C. The predicted octanol–water partition coefficient (Wildman–Crippen LogP) is 4.82. The quantitative estimate of drug-likeness (QED) is 0.614. The summed E-state index contributed by atoms with van der Waals surface area (Å²) in [6, 6.07) is 6.16. The van der Waals surface area contributed by atoms with Crippen LogP contribution in [0.25, 0.3) is 0 Å². The Kier molecular flexibility index (Phi) is 7.63. The molecular formula is C20H33FO3S. The van der Waals surface area contributed by atoms with Crippen molar-refractivity contribution in [2.75, 3.05) is 24.7 Å². The number of sulfone groups is 1. The van der Waals surface area contributed by atoms with E-state index in [2.05, 4.69) is 20.8 Å². The summed E-state index contributed by atoms with van der Waals surface area (Å²) in [5.74, 6) is -0.296. The van der Waals surface area contributed by atoms with E-state index in [0.717, 1.165) is 5.56 Å². The maximum atomic E-state index is 13.2. The van der Waals surface area contributed by atoms with Crippen LogP contribution in [0.4, 0.5) is 4.39 Å². The van der Waals surface area contributed by atoms with Gasteiger partial charge in [-0.05, 0) is 34.9 Å². The predicted molar refractivity (Wildman–Crippen MR) is 102 cm³/mol. The van der Waals surface area contributed by atoms with Crippen LogP contribution in [0.2, 0.25) is 0 Å². The van der Waals surface area contributed by atoms with Crippen LogP contribution in [-0.2, 0) is 14.6 Å². The van der Waals surface area contributed by atoms with E-state index in [4.69, 9.17) is 4.74 Å². The molecule has 0 aliphatic rings. The molecule has 0 fully saturated rings. The summed E-state index contributed by atoms with van der Waals surface area (Å²) in [6.07, 6.45) is 0.499. The molecule has 0 saturated heterocycles. The van der Waals surface area contributed by atoms with Crippen LogP contribution in [-0.4, -0.2) is 33.1 Å². The molecule has 0 spiro atoms. The van der Waals surface area contributed by atoms with Gasteiger partial charge in [0, 0.05) is 12.5 Å². The zero-order valence-corrected chi connectivity index (χ0v) is 17.2. The zero-order chi connectivity index (χ0) is 19.3. The van der Waals surface area contributed by atoms with Crippen molar-refractivity contribution in [1.82, 2.24) is 0 Å². The first kappa shape index (κ1) is 22.1. The maximum absolute atomic E-state index is 13.2. The van der Waals surface area contributed by atoms with Gasteiger partial charge in [0.1, 0.15) is 5.82 Å². The third-order valence-corrected chi connectivity index (χ3v) is 5.77. The first-order valence-corrected chi connectivity index (χ1v) is 10.7. The van der Waals surface area contributed by atoms with Gasteiger partial charge in [0.25, 0.3) is 0 Å². The summed E-state index contributed by atoms with van der Waals surface area (Å²) in [4.78, 5) is 0. The van der Waals surface area contributed by atoms with Crippen molar-refractivity contribution < 1.29 is 17.5 Å². The summed E-state index contributed by atoms with van der Waals surface area (Å²) in [7, 11) is -3.21. The lowest BCUT2D eigenvalue weighted by Gasteiger charge is -2.31. The Morgan fingerprint density at radius 2 is 1.60 bits per heavy atom. The number of hydrogen-bond donors (Lipinski definition) is 0. The summed E-state index contributed by atoms with van der Waals surface area (Å²) in [5, 5.41) is 0. The highest BCUT2D eigenvalue weighted by Gasteiger charge is 2.30. The van der Waals surface area contributed by atoms with E-state index < -0.39 is 9.84 Å². The molecule has 0 saturated carbocycles. The molecule has 1 unspecified atom stereocenters.